The van der Waals surface area contributed by atoms with Crippen LogP contribution in [0.4, 0.5) is 4.79 Å². The van der Waals surface area contributed by atoms with E-state index in [0.717, 1.165) is 19.3 Å². The molecule has 4 heteroatoms. The molecule has 1 aliphatic heterocycles. The van der Waals surface area contributed by atoms with Crippen molar-refractivity contribution < 1.29 is 14.3 Å². The molecule has 74 valence electrons. The maximum absolute atomic E-state index is 11.4. The number of methoxy groups -OCH3 is 1. The highest BCUT2D eigenvalue weighted by atomic mass is 16.5. The molecule has 0 aromatic carbocycles. The molecule has 0 aromatic rings. The third-order valence-corrected chi connectivity index (χ3v) is 2.89. The van der Waals surface area contributed by atoms with Crippen molar-refractivity contribution in [3.8, 4) is 0 Å². The molecule has 1 amide bonds. The van der Waals surface area contributed by atoms with Crippen molar-refractivity contribution in [3.63, 3.8) is 0 Å². The first kappa shape index (κ1) is 8.81. The predicted octanol–water partition coefficient (Wildman–Crippen LogP) is 1.01. The third kappa shape index (κ3) is 1.50. The van der Waals surface area contributed by atoms with Crippen LogP contribution in [-0.2, 0) is 9.47 Å². The molecule has 0 spiro atoms. The highest BCUT2D eigenvalue weighted by molar-refractivity contribution is 5.68. The molecule has 0 radical (unpaired) electrons. The van der Waals surface area contributed by atoms with Gasteiger partial charge in [-0.05, 0) is 19.3 Å². The molecule has 0 bridgehead atoms. The van der Waals surface area contributed by atoms with Crippen LogP contribution in [0.2, 0.25) is 0 Å². The molecule has 2 rings (SSSR count). The highest BCUT2D eigenvalue weighted by Gasteiger charge is 2.38. The summed E-state index contributed by atoms with van der Waals surface area (Å²) in [5.41, 5.74) is 0. The van der Waals surface area contributed by atoms with Crippen LogP contribution in [0.1, 0.15) is 19.3 Å². The fourth-order valence-corrected chi connectivity index (χ4v) is 2.27. The van der Waals surface area contributed by atoms with Gasteiger partial charge in [0.05, 0.1) is 25.9 Å². The van der Waals surface area contributed by atoms with Gasteiger partial charge in [0.25, 0.3) is 0 Å². The molecule has 13 heavy (non-hydrogen) atoms. The number of ether oxygens (including phenoxy) is 2. The quantitative estimate of drug-likeness (QED) is 0.565. The second-order valence-electron chi connectivity index (χ2n) is 3.57. The van der Waals surface area contributed by atoms with E-state index in [0.29, 0.717) is 13.2 Å². The largest absolute Gasteiger partial charge is 0.453 e. The van der Waals surface area contributed by atoms with E-state index in [9.17, 15) is 4.79 Å². The van der Waals surface area contributed by atoms with Crippen LogP contribution < -0.4 is 0 Å². The monoisotopic (exact) mass is 185 g/mol. The number of rotatable bonds is 0. The summed E-state index contributed by atoms with van der Waals surface area (Å²) >= 11 is 0. The van der Waals surface area contributed by atoms with Crippen LogP contribution in [0.25, 0.3) is 0 Å². The van der Waals surface area contributed by atoms with Gasteiger partial charge in [0.15, 0.2) is 0 Å². The minimum absolute atomic E-state index is 0.208. The van der Waals surface area contributed by atoms with Crippen molar-refractivity contribution >= 4 is 6.09 Å². The van der Waals surface area contributed by atoms with Crippen molar-refractivity contribution in [2.45, 2.75) is 31.4 Å². The smallest absolute Gasteiger partial charge is 0.409 e. The van der Waals surface area contributed by atoms with Crippen molar-refractivity contribution in [2.24, 2.45) is 0 Å². The number of nitrogens with zero attached hydrogens (tertiary/aromatic N) is 1. The lowest BCUT2D eigenvalue weighted by Crippen LogP contribution is -2.51. The number of carbonyl (C=O) groups excluding carboxylic acids is 1. The Morgan fingerprint density at radius 1 is 1.54 bits per heavy atom. The zero-order valence-corrected chi connectivity index (χ0v) is 7.86. The van der Waals surface area contributed by atoms with Gasteiger partial charge in [-0.25, -0.2) is 4.79 Å². The van der Waals surface area contributed by atoms with E-state index in [1.807, 2.05) is 0 Å². The maximum atomic E-state index is 11.4. The Labute approximate surface area is 77.8 Å². The molecule has 2 aliphatic rings. The maximum Gasteiger partial charge on any atom is 0.409 e. The Kier molecular flexibility index (Phi) is 2.40. The Balaban J connectivity index is 2.05. The molecule has 1 heterocycles. The number of carbonyl (C=O) groups is 1. The van der Waals surface area contributed by atoms with E-state index in [4.69, 9.17) is 9.47 Å². The Hall–Kier alpha value is -0.770. The van der Waals surface area contributed by atoms with Gasteiger partial charge in [-0.3, -0.25) is 0 Å². The summed E-state index contributed by atoms with van der Waals surface area (Å²) in [5, 5.41) is 0. The minimum atomic E-state index is -0.208. The van der Waals surface area contributed by atoms with Crippen LogP contribution in [-0.4, -0.2) is 43.4 Å². The molecule has 2 atom stereocenters. The zero-order valence-electron chi connectivity index (χ0n) is 7.86. The molecular weight excluding hydrogens is 170 g/mol. The molecule has 0 unspecified atom stereocenters. The van der Waals surface area contributed by atoms with Crippen molar-refractivity contribution in [2.75, 3.05) is 20.3 Å². The zero-order chi connectivity index (χ0) is 9.26. The second kappa shape index (κ2) is 3.54. The van der Waals surface area contributed by atoms with Crippen LogP contribution in [0, 0.1) is 0 Å². The van der Waals surface area contributed by atoms with E-state index in [1.54, 1.807) is 4.90 Å². The lowest BCUT2D eigenvalue weighted by atomic mass is 10.1. The Bertz CT molecular complexity index is 207. The molecule has 2 fully saturated rings. The summed E-state index contributed by atoms with van der Waals surface area (Å²) < 4.78 is 10.3. The van der Waals surface area contributed by atoms with Crippen LogP contribution in [0.5, 0.6) is 0 Å². The van der Waals surface area contributed by atoms with Crippen LogP contribution >= 0.6 is 0 Å². The topological polar surface area (TPSA) is 38.8 Å². The third-order valence-electron chi connectivity index (χ3n) is 2.89. The summed E-state index contributed by atoms with van der Waals surface area (Å²) in [6.45, 7) is 1.32. The second-order valence-corrected chi connectivity index (χ2v) is 3.57. The molecule has 0 aromatic heterocycles. The summed E-state index contributed by atoms with van der Waals surface area (Å²) in [7, 11) is 1.43. The Morgan fingerprint density at radius 3 is 3.15 bits per heavy atom. The van der Waals surface area contributed by atoms with Gasteiger partial charge >= 0.3 is 6.09 Å². The van der Waals surface area contributed by atoms with E-state index in [-0.39, 0.29) is 18.2 Å². The molecule has 4 nitrogen and oxygen atoms in total. The van der Waals surface area contributed by atoms with Crippen molar-refractivity contribution in [3.05, 3.63) is 0 Å². The van der Waals surface area contributed by atoms with Crippen molar-refractivity contribution in [1.29, 1.82) is 0 Å². The fraction of sp³-hybridized carbons (Fsp3) is 0.889. The number of amides is 1. The molecule has 0 N–H and O–H groups in total. The number of hydrogen-bond donors (Lipinski definition) is 0. The van der Waals surface area contributed by atoms with Crippen LogP contribution in [0.15, 0.2) is 0 Å². The molecule has 1 saturated heterocycles. The SMILES string of the molecule is COC(=O)N1CCO[C@H]2CCC[C@H]21. The van der Waals surface area contributed by atoms with Gasteiger partial charge in [0.1, 0.15) is 0 Å². The molecule has 1 saturated carbocycles. The Morgan fingerprint density at radius 2 is 2.38 bits per heavy atom. The standard InChI is InChI=1S/C9H15NO3/c1-12-9(11)10-5-6-13-8-4-2-3-7(8)10/h7-8H,2-6H2,1H3/t7-,8+/m1/s1. The summed E-state index contributed by atoms with van der Waals surface area (Å²) in [4.78, 5) is 13.2. The lowest BCUT2D eigenvalue weighted by molar-refractivity contribution is -0.0486. The van der Waals surface area contributed by atoms with E-state index in [1.165, 1.54) is 7.11 Å². The summed E-state index contributed by atoms with van der Waals surface area (Å²) in [6, 6.07) is 0.265. The number of hydrogen-bond acceptors (Lipinski definition) is 3. The lowest BCUT2D eigenvalue weighted by Gasteiger charge is -2.36. The van der Waals surface area contributed by atoms with Crippen molar-refractivity contribution in [1.82, 2.24) is 4.90 Å². The van der Waals surface area contributed by atoms with Crippen LogP contribution in [0.3, 0.4) is 0 Å². The predicted molar refractivity (Wildman–Crippen MR) is 46.5 cm³/mol. The van der Waals surface area contributed by atoms with Gasteiger partial charge in [0.2, 0.25) is 0 Å². The first-order valence-electron chi connectivity index (χ1n) is 4.79. The summed E-state index contributed by atoms with van der Waals surface area (Å²) in [6.07, 6.45) is 3.34. The van der Waals surface area contributed by atoms with Gasteiger partial charge in [0, 0.05) is 6.54 Å². The van der Waals surface area contributed by atoms with E-state index in [2.05, 4.69) is 0 Å². The van der Waals surface area contributed by atoms with Gasteiger partial charge < -0.3 is 14.4 Å². The van der Waals surface area contributed by atoms with E-state index < -0.39 is 0 Å². The fourth-order valence-electron chi connectivity index (χ4n) is 2.27. The van der Waals surface area contributed by atoms with E-state index >= 15 is 0 Å². The first-order valence-corrected chi connectivity index (χ1v) is 4.79. The summed E-state index contributed by atoms with van der Waals surface area (Å²) in [5.74, 6) is 0. The molecule has 1 aliphatic carbocycles. The number of fused-ring (bicyclic) bond motifs is 1. The first-order chi connectivity index (χ1) is 6.33. The number of morpholine rings is 1. The molecular formula is C9H15NO3. The van der Waals surface area contributed by atoms with Gasteiger partial charge in [-0.15, -0.1) is 0 Å². The average Bonchev–Trinajstić information content (AvgIpc) is 2.63. The average molecular weight is 185 g/mol. The minimum Gasteiger partial charge on any atom is -0.453 e. The normalized spacial score (nSPS) is 32.8. The van der Waals surface area contributed by atoms with Gasteiger partial charge in [-0.2, -0.15) is 0 Å². The van der Waals surface area contributed by atoms with Gasteiger partial charge in [-0.1, -0.05) is 0 Å². The highest BCUT2D eigenvalue weighted by Crippen LogP contribution is 2.29.